The number of amides is 1. The molecule has 1 N–H and O–H groups in total. The number of carbonyl (C=O) groups is 1. The number of nitrogens with one attached hydrogen (secondary N) is 1. The van der Waals surface area contributed by atoms with Crippen LogP contribution in [0.25, 0.3) is 0 Å². The first kappa shape index (κ1) is 17.1. The molecule has 0 saturated heterocycles. The van der Waals surface area contributed by atoms with E-state index in [9.17, 15) is 4.79 Å². The van der Waals surface area contributed by atoms with E-state index in [0.717, 1.165) is 29.0 Å². The summed E-state index contributed by atoms with van der Waals surface area (Å²) in [6, 6.07) is 13.9. The highest BCUT2D eigenvalue weighted by Gasteiger charge is 2.18. The Hall–Kier alpha value is -2.29. The average Bonchev–Trinajstić information content (AvgIpc) is 2.52. The molecule has 3 nitrogen and oxygen atoms in total. The number of hydrogen-bond acceptors (Lipinski definition) is 2. The SMILES string of the molecule is CCc1ccc(O[C@H](CC)C(=O)Nc2cc(C)cc(C)c2)cc1. The first-order valence-electron chi connectivity index (χ1n) is 8.16. The Bertz CT molecular complexity index is 642. The van der Waals surface area contributed by atoms with Crippen molar-refractivity contribution in [3.05, 3.63) is 59.2 Å². The van der Waals surface area contributed by atoms with E-state index >= 15 is 0 Å². The van der Waals surface area contributed by atoms with Crippen LogP contribution in [0.1, 0.15) is 37.0 Å². The third kappa shape index (κ3) is 4.85. The molecule has 0 radical (unpaired) electrons. The maximum atomic E-state index is 12.5. The fourth-order valence-corrected chi connectivity index (χ4v) is 2.56. The third-order valence-electron chi connectivity index (χ3n) is 3.76. The molecule has 0 bridgehead atoms. The molecule has 0 heterocycles. The zero-order valence-corrected chi connectivity index (χ0v) is 14.3. The predicted molar refractivity (Wildman–Crippen MR) is 95.1 cm³/mol. The number of carbonyl (C=O) groups excluding carboxylic acids is 1. The average molecular weight is 311 g/mol. The summed E-state index contributed by atoms with van der Waals surface area (Å²) in [5.74, 6) is 0.613. The van der Waals surface area contributed by atoms with Gasteiger partial charge in [0, 0.05) is 5.69 Å². The Morgan fingerprint density at radius 3 is 2.17 bits per heavy atom. The van der Waals surface area contributed by atoms with Crippen LogP contribution in [0.5, 0.6) is 5.75 Å². The molecule has 0 aliphatic heterocycles. The zero-order valence-electron chi connectivity index (χ0n) is 14.3. The van der Waals surface area contributed by atoms with Gasteiger partial charge in [0.2, 0.25) is 0 Å². The fourth-order valence-electron chi connectivity index (χ4n) is 2.56. The summed E-state index contributed by atoms with van der Waals surface area (Å²) in [6.07, 6.45) is 1.11. The lowest BCUT2D eigenvalue weighted by atomic mass is 10.1. The van der Waals surface area contributed by atoms with Crippen molar-refractivity contribution in [1.82, 2.24) is 0 Å². The quantitative estimate of drug-likeness (QED) is 0.842. The maximum absolute atomic E-state index is 12.5. The van der Waals surface area contributed by atoms with Crippen LogP contribution < -0.4 is 10.1 Å². The first-order valence-corrected chi connectivity index (χ1v) is 8.16. The second-order valence-electron chi connectivity index (χ2n) is 5.88. The molecule has 3 heteroatoms. The summed E-state index contributed by atoms with van der Waals surface area (Å²) in [7, 11) is 0. The second kappa shape index (κ2) is 7.82. The molecular formula is C20H25NO2. The van der Waals surface area contributed by atoms with E-state index in [0.29, 0.717) is 6.42 Å². The van der Waals surface area contributed by atoms with Crippen LogP contribution in [0.15, 0.2) is 42.5 Å². The highest BCUT2D eigenvalue weighted by Crippen LogP contribution is 2.18. The molecule has 2 aromatic rings. The summed E-state index contributed by atoms with van der Waals surface area (Å²) in [6.45, 7) is 8.10. The van der Waals surface area contributed by atoms with Crippen LogP contribution in [0, 0.1) is 13.8 Å². The van der Waals surface area contributed by atoms with Crippen LogP contribution in [-0.2, 0) is 11.2 Å². The van der Waals surface area contributed by atoms with Crippen molar-refractivity contribution in [3.8, 4) is 5.75 Å². The van der Waals surface area contributed by atoms with Crippen molar-refractivity contribution in [1.29, 1.82) is 0 Å². The van der Waals surface area contributed by atoms with Crippen molar-refractivity contribution in [2.24, 2.45) is 0 Å². The number of ether oxygens (including phenoxy) is 1. The predicted octanol–water partition coefficient (Wildman–Crippen LogP) is 4.66. The minimum absolute atomic E-state index is 0.114. The second-order valence-corrected chi connectivity index (χ2v) is 5.88. The highest BCUT2D eigenvalue weighted by atomic mass is 16.5. The van der Waals surface area contributed by atoms with Crippen molar-refractivity contribution < 1.29 is 9.53 Å². The normalized spacial score (nSPS) is 11.8. The lowest BCUT2D eigenvalue weighted by Gasteiger charge is -2.18. The molecule has 1 atom stereocenters. The van der Waals surface area contributed by atoms with Gasteiger partial charge < -0.3 is 10.1 Å². The summed E-state index contributed by atoms with van der Waals surface area (Å²) < 4.78 is 5.85. The maximum Gasteiger partial charge on any atom is 0.265 e. The minimum Gasteiger partial charge on any atom is -0.481 e. The summed E-state index contributed by atoms with van der Waals surface area (Å²) in [4.78, 5) is 12.5. The minimum atomic E-state index is -0.497. The summed E-state index contributed by atoms with van der Waals surface area (Å²) in [5, 5.41) is 2.95. The Labute approximate surface area is 138 Å². The van der Waals surface area contributed by atoms with Crippen LogP contribution >= 0.6 is 0 Å². The van der Waals surface area contributed by atoms with E-state index in [1.165, 1.54) is 5.56 Å². The Kier molecular flexibility index (Phi) is 5.80. The van der Waals surface area contributed by atoms with Gasteiger partial charge in [-0.3, -0.25) is 4.79 Å². The number of aryl methyl sites for hydroxylation is 3. The number of rotatable bonds is 6. The van der Waals surface area contributed by atoms with Gasteiger partial charge in [-0.15, -0.1) is 0 Å². The van der Waals surface area contributed by atoms with Gasteiger partial charge in [-0.1, -0.05) is 32.0 Å². The topological polar surface area (TPSA) is 38.3 Å². The third-order valence-corrected chi connectivity index (χ3v) is 3.76. The number of benzene rings is 2. The zero-order chi connectivity index (χ0) is 16.8. The molecule has 0 aliphatic rings. The van der Waals surface area contributed by atoms with Gasteiger partial charge in [0.1, 0.15) is 5.75 Å². The van der Waals surface area contributed by atoms with Crippen LogP contribution in [-0.4, -0.2) is 12.0 Å². The van der Waals surface area contributed by atoms with Gasteiger partial charge in [-0.05, 0) is 67.6 Å². The lowest BCUT2D eigenvalue weighted by Crippen LogP contribution is -2.32. The van der Waals surface area contributed by atoms with E-state index in [1.807, 2.05) is 57.2 Å². The smallest absolute Gasteiger partial charge is 0.265 e. The standard InChI is InChI=1S/C20H25NO2/c1-5-16-7-9-18(10-8-16)23-19(6-2)20(22)21-17-12-14(3)11-15(4)13-17/h7-13,19H,5-6H2,1-4H3,(H,21,22)/t19-/m1/s1. The summed E-state index contributed by atoms with van der Waals surface area (Å²) >= 11 is 0. The van der Waals surface area contributed by atoms with Crippen LogP contribution in [0.2, 0.25) is 0 Å². The van der Waals surface area contributed by atoms with Crippen molar-refractivity contribution in [2.75, 3.05) is 5.32 Å². The van der Waals surface area contributed by atoms with Crippen molar-refractivity contribution in [3.63, 3.8) is 0 Å². The van der Waals surface area contributed by atoms with Crippen molar-refractivity contribution >= 4 is 11.6 Å². The van der Waals surface area contributed by atoms with Gasteiger partial charge in [0.15, 0.2) is 6.10 Å². The molecule has 0 saturated carbocycles. The molecule has 0 aliphatic carbocycles. The van der Waals surface area contributed by atoms with Crippen LogP contribution in [0.4, 0.5) is 5.69 Å². The van der Waals surface area contributed by atoms with Gasteiger partial charge in [0.05, 0.1) is 0 Å². The monoisotopic (exact) mass is 311 g/mol. The molecule has 23 heavy (non-hydrogen) atoms. The molecule has 0 aromatic heterocycles. The molecule has 2 rings (SSSR count). The van der Waals surface area contributed by atoms with Gasteiger partial charge in [-0.25, -0.2) is 0 Å². The summed E-state index contributed by atoms with van der Waals surface area (Å²) in [5.41, 5.74) is 4.33. The molecule has 1 amide bonds. The lowest BCUT2D eigenvalue weighted by molar-refractivity contribution is -0.122. The molecule has 122 valence electrons. The number of anilines is 1. The highest BCUT2D eigenvalue weighted by molar-refractivity contribution is 5.94. The van der Waals surface area contributed by atoms with Gasteiger partial charge in [-0.2, -0.15) is 0 Å². The Morgan fingerprint density at radius 1 is 1.04 bits per heavy atom. The largest absolute Gasteiger partial charge is 0.481 e. The number of hydrogen-bond donors (Lipinski definition) is 1. The molecule has 0 fully saturated rings. The first-order chi connectivity index (χ1) is 11.0. The van der Waals surface area contributed by atoms with E-state index in [-0.39, 0.29) is 5.91 Å². The Balaban J connectivity index is 2.05. The van der Waals surface area contributed by atoms with Crippen LogP contribution in [0.3, 0.4) is 0 Å². The van der Waals surface area contributed by atoms with Gasteiger partial charge >= 0.3 is 0 Å². The van der Waals surface area contributed by atoms with E-state index < -0.39 is 6.10 Å². The molecular weight excluding hydrogens is 286 g/mol. The molecule has 0 spiro atoms. The van der Waals surface area contributed by atoms with Crippen molar-refractivity contribution in [2.45, 2.75) is 46.6 Å². The molecule has 2 aromatic carbocycles. The van der Waals surface area contributed by atoms with Gasteiger partial charge in [0.25, 0.3) is 5.91 Å². The van der Waals surface area contributed by atoms with E-state index in [4.69, 9.17) is 4.74 Å². The fraction of sp³-hybridized carbons (Fsp3) is 0.350. The van der Waals surface area contributed by atoms with E-state index in [2.05, 4.69) is 18.3 Å². The van der Waals surface area contributed by atoms with E-state index in [1.54, 1.807) is 0 Å². The Morgan fingerprint density at radius 2 is 1.65 bits per heavy atom. The molecule has 0 unspecified atom stereocenters.